The van der Waals surface area contributed by atoms with Gasteiger partial charge in [-0.05, 0) is 24.3 Å². The largest absolute Gasteiger partial charge is 0.309 e. The van der Waals surface area contributed by atoms with E-state index in [0.29, 0.717) is 12.2 Å². The van der Waals surface area contributed by atoms with Crippen molar-refractivity contribution < 1.29 is 4.79 Å². The van der Waals surface area contributed by atoms with Gasteiger partial charge in [-0.1, -0.05) is 39.5 Å². The minimum atomic E-state index is 0.0669. The molecule has 0 unspecified atom stereocenters. The van der Waals surface area contributed by atoms with Crippen molar-refractivity contribution in [2.24, 2.45) is 5.92 Å². The van der Waals surface area contributed by atoms with Crippen molar-refractivity contribution in [3.05, 3.63) is 24.0 Å². The SMILES string of the molecule is CC(C)c1c(NC(=O)CCC2CCCC2)nn2cccnc12. The molecule has 0 aliphatic heterocycles. The van der Waals surface area contributed by atoms with Crippen LogP contribution in [0.15, 0.2) is 18.5 Å². The van der Waals surface area contributed by atoms with E-state index in [9.17, 15) is 4.79 Å². The molecule has 1 amide bonds. The van der Waals surface area contributed by atoms with Gasteiger partial charge in [-0.25, -0.2) is 9.50 Å². The van der Waals surface area contributed by atoms with Gasteiger partial charge in [-0.15, -0.1) is 5.10 Å². The summed E-state index contributed by atoms with van der Waals surface area (Å²) in [7, 11) is 0. The quantitative estimate of drug-likeness (QED) is 0.914. The van der Waals surface area contributed by atoms with Crippen molar-refractivity contribution in [1.29, 1.82) is 0 Å². The maximum atomic E-state index is 12.2. The Bertz CT molecular complexity index is 656. The number of nitrogens with one attached hydrogen (secondary N) is 1. The highest BCUT2D eigenvalue weighted by atomic mass is 16.1. The van der Waals surface area contributed by atoms with Gasteiger partial charge in [0, 0.05) is 24.4 Å². The van der Waals surface area contributed by atoms with Crippen LogP contribution in [0.4, 0.5) is 5.82 Å². The molecule has 0 bridgehead atoms. The summed E-state index contributed by atoms with van der Waals surface area (Å²) < 4.78 is 1.74. The third kappa shape index (κ3) is 3.13. The van der Waals surface area contributed by atoms with Crippen molar-refractivity contribution in [2.45, 2.75) is 58.3 Å². The lowest BCUT2D eigenvalue weighted by atomic mass is 10.0. The first-order chi connectivity index (χ1) is 10.6. The fourth-order valence-electron chi connectivity index (χ4n) is 3.36. The number of carbonyl (C=O) groups is 1. The molecule has 0 atom stereocenters. The smallest absolute Gasteiger partial charge is 0.225 e. The lowest BCUT2D eigenvalue weighted by molar-refractivity contribution is -0.116. The molecule has 1 N–H and O–H groups in total. The normalized spacial score (nSPS) is 15.8. The van der Waals surface area contributed by atoms with E-state index >= 15 is 0 Å². The van der Waals surface area contributed by atoms with Crippen LogP contribution in [0.3, 0.4) is 0 Å². The molecular formula is C17H24N4O. The Morgan fingerprint density at radius 2 is 2.18 bits per heavy atom. The monoisotopic (exact) mass is 300 g/mol. The van der Waals surface area contributed by atoms with E-state index in [0.717, 1.165) is 23.5 Å². The van der Waals surface area contributed by atoms with Gasteiger partial charge in [0.05, 0.1) is 0 Å². The summed E-state index contributed by atoms with van der Waals surface area (Å²) in [5.41, 5.74) is 1.83. The second kappa shape index (κ2) is 6.46. The summed E-state index contributed by atoms with van der Waals surface area (Å²) in [4.78, 5) is 16.6. The molecule has 1 saturated carbocycles. The Morgan fingerprint density at radius 1 is 1.41 bits per heavy atom. The third-order valence-electron chi connectivity index (χ3n) is 4.52. The van der Waals surface area contributed by atoms with Gasteiger partial charge in [-0.3, -0.25) is 4.79 Å². The average Bonchev–Trinajstić information content (AvgIpc) is 3.11. The van der Waals surface area contributed by atoms with Gasteiger partial charge >= 0.3 is 0 Å². The van der Waals surface area contributed by atoms with Crippen molar-refractivity contribution >= 4 is 17.4 Å². The number of fused-ring (bicyclic) bond motifs is 1. The molecule has 1 aliphatic rings. The number of rotatable bonds is 5. The van der Waals surface area contributed by atoms with Crippen LogP contribution in [-0.4, -0.2) is 20.5 Å². The second-order valence-electron chi connectivity index (χ2n) is 6.54. The molecule has 1 fully saturated rings. The lowest BCUT2D eigenvalue weighted by Gasteiger charge is -2.10. The van der Waals surface area contributed by atoms with Crippen LogP contribution in [0.25, 0.3) is 5.65 Å². The van der Waals surface area contributed by atoms with Crippen molar-refractivity contribution in [1.82, 2.24) is 14.6 Å². The molecule has 0 radical (unpaired) electrons. The number of hydrogen-bond acceptors (Lipinski definition) is 3. The standard InChI is InChI=1S/C17H24N4O/c1-12(2)15-16(20-21-11-5-10-18-17(15)21)19-14(22)9-8-13-6-3-4-7-13/h5,10-13H,3-4,6-9H2,1-2H3,(H,19,20,22). The zero-order valence-electron chi connectivity index (χ0n) is 13.4. The first kappa shape index (κ1) is 15.0. The average molecular weight is 300 g/mol. The van der Waals surface area contributed by atoms with Crippen LogP contribution in [0, 0.1) is 5.92 Å². The number of nitrogens with zero attached hydrogens (tertiary/aromatic N) is 3. The molecule has 1 aliphatic carbocycles. The molecule has 2 aromatic heterocycles. The summed E-state index contributed by atoms with van der Waals surface area (Å²) in [6, 6.07) is 1.84. The first-order valence-corrected chi connectivity index (χ1v) is 8.28. The molecule has 0 aromatic carbocycles. The molecule has 118 valence electrons. The van der Waals surface area contributed by atoms with Gasteiger partial charge in [0.1, 0.15) is 0 Å². The summed E-state index contributed by atoms with van der Waals surface area (Å²) >= 11 is 0. The lowest BCUT2D eigenvalue weighted by Crippen LogP contribution is -2.14. The molecule has 5 heteroatoms. The maximum absolute atomic E-state index is 12.2. The van der Waals surface area contributed by atoms with Crippen LogP contribution in [0.2, 0.25) is 0 Å². The van der Waals surface area contributed by atoms with Crippen LogP contribution < -0.4 is 5.32 Å². The van der Waals surface area contributed by atoms with E-state index < -0.39 is 0 Å². The fourth-order valence-corrected chi connectivity index (χ4v) is 3.36. The van der Waals surface area contributed by atoms with Crippen molar-refractivity contribution in [3.63, 3.8) is 0 Å². The number of amides is 1. The van der Waals surface area contributed by atoms with Crippen LogP contribution >= 0.6 is 0 Å². The maximum Gasteiger partial charge on any atom is 0.225 e. The molecule has 2 aromatic rings. The van der Waals surface area contributed by atoms with Gasteiger partial charge in [-0.2, -0.15) is 0 Å². The first-order valence-electron chi connectivity index (χ1n) is 8.28. The van der Waals surface area contributed by atoms with Crippen LogP contribution in [0.5, 0.6) is 0 Å². The number of aromatic nitrogens is 3. The Balaban J connectivity index is 1.72. The highest BCUT2D eigenvalue weighted by molar-refractivity contribution is 5.91. The zero-order chi connectivity index (χ0) is 15.5. The molecule has 2 heterocycles. The molecule has 3 rings (SSSR count). The number of hydrogen-bond donors (Lipinski definition) is 1. The van der Waals surface area contributed by atoms with E-state index in [4.69, 9.17) is 0 Å². The summed E-state index contributed by atoms with van der Waals surface area (Å²) in [6.07, 6.45) is 10.4. The topological polar surface area (TPSA) is 59.3 Å². The van der Waals surface area contributed by atoms with E-state index in [-0.39, 0.29) is 11.8 Å². The molecule has 5 nitrogen and oxygen atoms in total. The Labute approximate surface area is 131 Å². The van der Waals surface area contributed by atoms with Crippen molar-refractivity contribution in [3.8, 4) is 0 Å². The number of anilines is 1. The minimum Gasteiger partial charge on any atom is -0.309 e. The highest BCUT2D eigenvalue weighted by Crippen LogP contribution is 2.30. The third-order valence-corrected chi connectivity index (χ3v) is 4.52. The summed E-state index contributed by atoms with van der Waals surface area (Å²) in [5.74, 6) is 1.72. The summed E-state index contributed by atoms with van der Waals surface area (Å²) in [6.45, 7) is 4.19. The van der Waals surface area contributed by atoms with Crippen LogP contribution in [-0.2, 0) is 4.79 Å². The minimum absolute atomic E-state index is 0.0669. The fraction of sp³-hybridized carbons (Fsp3) is 0.588. The zero-order valence-corrected chi connectivity index (χ0v) is 13.4. The molecule has 0 spiro atoms. The van der Waals surface area contributed by atoms with Gasteiger partial charge in [0.2, 0.25) is 5.91 Å². The Morgan fingerprint density at radius 3 is 2.91 bits per heavy atom. The van der Waals surface area contributed by atoms with E-state index in [1.807, 2.05) is 12.3 Å². The molecule has 22 heavy (non-hydrogen) atoms. The van der Waals surface area contributed by atoms with Gasteiger partial charge in [0.25, 0.3) is 0 Å². The van der Waals surface area contributed by atoms with Gasteiger partial charge in [0.15, 0.2) is 11.5 Å². The van der Waals surface area contributed by atoms with E-state index in [2.05, 4.69) is 29.2 Å². The predicted octanol–water partition coefficient (Wildman–Crippen LogP) is 3.76. The molecular weight excluding hydrogens is 276 g/mol. The van der Waals surface area contributed by atoms with E-state index in [1.54, 1.807) is 10.7 Å². The Kier molecular flexibility index (Phi) is 4.41. The summed E-state index contributed by atoms with van der Waals surface area (Å²) in [5, 5.41) is 7.47. The predicted molar refractivity (Wildman–Crippen MR) is 86.9 cm³/mol. The van der Waals surface area contributed by atoms with Crippen LogP contribution in [0.1, 0.15) is 63.9 Å². The molecule has 0 saturated heterocycles. The number of carbonyl (C=O) groups excluding carboxylic acids is 1. The second-order valence-corrected chi connectivity index (χ2v) is 6.54. The van der Waals surface area contributed by atoms with Crippen molar-refractivity contribution in [2.75, 3.05) is 5.32 Å². The highest BCUT2D eigenvalue weighted by Gasteiger charge is 2.20. The Hall–Kier alpha value is -1.91. The van der Waals surface area contributed by atoms with E-state index in [1.165, 1.54) is 25.7 Å². The van der Waals surface area contributed by atoms with Gasteiger partial charge < -0.3 is 5.32 Å².